The largest absolute Gasteiger partial charge is 0.491 e. The van der Waals surface area contributed by atoms with E-state index in [4.69, 9.17) is 4.74 Å². The van der Waals surface area contributed by atoms with E-state index in [0.29, 0.717) is 29.3 Å². The highest BCUT2D eigenvalue weighted by atomic mass is 32.2. The molecule has 14 heteroatoms. The molecular weight excluding hydrogens is 598 g/mol. The molecule has 2 aromatic carbocycles. The van der Waals surface area contributed by atoms with Crippen LogP contribution in [0.15, 0.2) is 54.7 Å². The van der Waals surface area contributed by atoms with Gasteiger partial charge in [-0.05, 0) is 55.5 Å². The zero-order valence-electron chi connectivity index (χ0n) is 25.5. The monoisotopic (exact) mass is 637 g/mol. The number of aliphatic hydroxyl groups is 1. The summed E-state index contributed by atoms with van der Waals surface area (Å²) in [6.07, 6.45) is 2.69. The molecule has 0 radical (unpaired) electrons. The van der Waals surface area contributed by atoms with Gasteiger partial charge in [-0.25, -0.2) is 4.68 Å². The smallest absolute Gasteiger partial charge is 0.252 e. The van der Waals surface area contributed by atoms with Gasteiger partial charge in [0.15, 0.2) is 0 Å². The first-order valence-corrected chi connectivity index (χ1v) is 16.1. The molecule has 0 saturated heterocycles. The normalized spacial score (nSPS) is 20.8. The van der Waals surface area contributed by atoms with Crippen LogP contribution in [0.1, 0.15) is 40.5 Å². The van der Waals surface area contributed by atoms with Gasteiger partial charge < -0.3 is 31.1 Å². The predicted octanol–water partition coefficient (Wildman–Crippen LogP) is 0.740. The van der Waals surface area contributed by atoms with Crippen LogP contribution in [0.25, 0.3) is 0 Å². The Bertz CT molecular complexity index is 1480. The maximum Gasteiger partial charge on any atom is 0.252 e. The summed E-state index contributed by atoms with van der Waals surface area (Å²) in [5, 5.41) is 29.6. The van der Waals surface area contributed by atoms with Crippen molar-refractivity contribution in [3.63, 3.8) is 0 Å². The van der Waals surface area contributed by atoms with Gasteiger partial charge in [-0.15, -0.1) is 5.10 Å². The van der Waals surface area contributed by atoms with Crippen molar-refractivity contribution in [2.75, 3.05) is 18.6 Å². The number of nitrogens with one attached hydrogen (secondary N) is 4. The van der Waals surface area contributed by atoms with Crippen LogP contribution in [0.2, 0.25) is 0 Å². The Hall–Kier alpha value is -4.43. The molecule has 3 aromatic rings. The van der Waals surface area contributed by atoms with Crippen LogP contribution in [0.5, 0.6) is 5.75 Å². The van der Waals surface area contributed by atoms with Gasteiger partial charge in [0, 0.05) is 12.0 Å². The molecule has 2 heterocycles. The molecule has 4 atom stereocenters. The highest BCUT2D eigenvalue weighted by molar-refractivity contribution is 7.98. The lowest BCUT2D eigenvalue weighted by atomic mass is 10.0. The third-order valence-corrected chi connectivity index (χ3v) is 7.91. The summed E-state index contributed by atoms with van der Waals surface area (Å²) in [7, 11) is 0. The minimum absolute atomic E-state index is 0.0590. The Morgan fingerprint density at radius 3 is 2.53 bits per heavy atom. The number of benzene rings is 2. The number of rotatable bonds is 6. The second kappa shape index (κ2) is 16.0. The van der Waals surface area contributed by atoms with Crippen LogP contribution in [-0.2, 0) is 33.9 Å². The average Bonchev–Trinajstić information content (AvgIpc) is 3.48. The highest BCUT2D eigenvalue weighted by Crippen LogP contribution is 2.20. The van der Waals surface area contributed by atoms with Gasteiger partial charge in [-0.1, -0.05) is 41.6 Å². The summed E-state index contributed by atoms with van der Waals surface area (Å²) in [6, 6.07) is 10.7. The van der Waals surface area contributed by atoms with E-state index in [1.807, 2.05) is 43.5 Å². The highest BCUT2D eigenvalue weighted by Gasteiger charge is 2.32. The van der Waals surface area contributed by atoms with Gasteiger partial charge in [0.2, 0.25) is 17.7 Å². The van der Waals surface area contributed by atoms with E-state index in [1.54, 1.807) is 29.1 Å². The molecule has 1 aliphatic heterocycles. The topological polar surface area (TPSA) is 177 Å². The number of carbonyl (C=O) groups is 4. The van der Waals surface area contributed by atoms with Gasteiger partial charge >= 0.3 is 0 Å². The molecule has 0 aliphatic carbocycles. The predicted molar refractivity (Wildman–Crippen MR) is 168 cm³/mol. The third kappa shape index (κ3) is 9.53. The minimum Gasteiger partial charge on any atom is -0.491 e. The van der Waals surface area contributed by atoms with Crippen molar-refractivity contribution < 1.29 is 29.0 Å². The van der Waals surface area contributed by atoms with E-state index in [0.717, 1.165) is 11.1 Å². The number of aliphatic hydroxyl groups excluding tert-OH is 1. The van der Waals surface area contributed by atoms with Crippen LogP contribution in [-0.4, -0.2) is 86.6 Å². The van der Waals surface area contributed by atoms with Crippen molar-refractivity contribution in [2.45, 2.75) is 64.0 Å². The Kier molecular flexibility index (Phi) is 11.9. The van der Waals surface area contributed by atoms with Gasteiger partial charge in [-0.3, -0.25) is 19.2 Å². The van der Waals surface area contributed by atoms with E-state index in [-0.39, 0.29) is 26.0 Å². The summed E-state index contributed by atoms with van der Waals surface area (Å²) in [4.78, 5) is 53.6. The number of fused-ring (bicyclic) bond motifs is 4. The molecule has 0 unspecified atom stereocenters. The summed E-state index contributed by atoms with van der Waals surface area (Å²) in [5.41, 5.74) is 2.41. The first-order valence-electron chi connectivity index (χ1n) is 14.7. The fourth-order valence-electron chi connectivity index (χ4n) is 4.70. The second-order valence-corrected chi connectivity index (χ2v) is 11.8. The zero-order chi connectivity index (χ0) is 32.3. The Labute approximate surface area is 265 Å². The average molecular weight is 638 g/mol. The van der Waals surface area contributed by atoms with Crippen molar-refractivity contribution >= 4 is 35.4 Å². The Morgan fingerprint density at radius 1 is 1.02 bits per heavy atom. The van der Waals surface area contributed by atoms with E-state index in [9.17, 15) is 24.3 Å². The van der Waals surface area contributed by atoms with Crippen LogP contribution < -0.4 is 26.0 Å². The van der Waals surface area contributed by atoms with Crippen molar-refractivity contribution in [3.8, 4) is 5.75 Å². The number of hydrogen-bond donors (Lipinski definition) is 5. The van der Waals surface area contributed by atoms with Gasteiger partial charge in [0.1, 0.15) is 36.2 Å². The number of ether oxygens (including phenoxy) is 1. The maximum atomic E-state index is 13.5. The molecule has 13 nitrogen and oxygen atoms in total. The summed E-state index contributed by atoms with van der Waals surface area (Å²) in [6.45, 7) is 3.89. The van der Waals surface area contributed by atoms with Crippen molar-refractivity contribution in [1.82, 2.24) is 36.3 Å². The first kappa shape index (κ1) is 33.5. The number of amides is 4. The third-order valence-electron chi connectivity index (χ3n) is 7.27. The zero-order valence-corrected chi connectivity index (χ0v) is 26.3. The SMILES string of the molecule is CSCC[C@H]1NC(=O)c2ccc(C)c(c2)OCCn2cc(nn2)CNC(=O)[C@@H](Cc2ccccc2)NC(=O)[C@H]([C@@H](C)O)NC1=O. The number of carbonyl (C=O) groups excluding carboxylic acids is 4. The van der Waals surface area contributed by atoms with E-state index in [2.05, 4.69) is 31.6 Å². The van der Waals surface area contributed by atoms with Crippen LogP contribution in [0.4, 0.5) is 0 Å². The van der Waals surface area contributed by atoms with E-state index >= 15 is 0 Å². The number of aryl methyl sites for hydroxylation is 1. The molecule has 1 aromatic heterocycles. The van der Waals surface area contributed by atoms with Crippen LogP contribution in [0, 0.1) is 6.92 Å². The van der Waals surface area contributed by atoms with Crippen LogP contribution in [0.3, 0.4) is 0 Å². The lowest BCUT2D eigenvalue weighted by Crippen LogP contribution is -2.60. The minimum atomic E-state index is -1.40. The second-order valence-electron chi connectivity index (χ2n) is 10.8. The van der Waals surface area contributed by atoms with Gasteiger partial charge in [0.25, 0.3) is 5.91 Å². The van der Waals surface area contributed by atoms with Crippen LogP contribution >= 0.6 is 11.8 Å². The fraction of sp³-hybridized carbons (Fsp3) is 0.419. The molecule has 0 spiro atoms. The summed E-state index contributed by atoms with van der Waals surface area (Å²) in [5.74, 6) is -1.31. The molecule has 0 saturated carbocycles. The quantitative estimate of drug-likeness (QED) is 0.261. The fourth-order valence-corrected chi connectivity index (χ4v) is 5.17. The standard InChI is InChI=1S/C31H39N7O6S/c1-19-9-10-22-16-26(19)44-13-12-38-18-23(36-37-38)17-32-29(41)25(15-21-7-5-4-6-8-21)34-31(43)27(20(2)39)35-30(42)24(11-14-45-3)33-28(22)40/h4-10,16,18,20,24-25,27,39H,11-15,17H2,1-3H3,(H,32,41)(H,33,40)(H,34,43)(H,35,42)/t20-,24-,25-,27+/m1/s1. The van der Waals surface area contributed by atoms with Gasteiger partial charge in [-0.2, -0.15) is 11.8 Å². The summed E-state index contributed by atoms with van der Waals surface area (Å²) < 4.78 is 7.53. The molecule has 5 N–H and O–H groups in total. The van der Waals surface area contributed by atoms with E-state index < -0.39 is 47.9 Å². The number of thioether (sulfide) groups is 1. The molecule has 4 rings (SSSR count). The molecule has 1 aliphatic rings. The number of aromatic nitrogens is 3. The molecule has 0 fully saturated rings. The Balaban J connectivity index is 1.64. The van der Waals surface area contributed by atoms with Crippen molar-refractivity contribution in [1.29, 1.82) is 0 Å². The molecule has 4 amide bonds. The molecule has 240 valence electrons. The number of hydrogen-bond acceptors (Lipinski definition) is 9. The number of nitrogens with zero attached hydrogens (tertiary/aromatic N) is 3. The maximum absolute atomic E-state index is 13.5. The molecule has 4 bridgehead atoms. The lowest BCUT2D eigenvalue weighted by molar-refractivity contribution is -0.134. The summed E-state index contributed by atoms with van der Waals surface area (Å²) >= 11 is 1.50. The van der Waals surface area contributed by atoms with Gasteiger partial charge in [0.05, 0.1) is 25.4 Å². The van der Waals surface area contributed by atoms with Crippen molar-refractivity contribution in [3.05, 3.63) is 77.1 Å². The lowest BCUT2D eigenvalue weighted by Gasteiger charge is -2.27. The Morgan fingerprint density at radius 2 is 1.80 bits per heavy atom. The van der Waals surface area contributed by atoms with Crippen molar-refractivity contribution in [2.24, 2.45) is 0 Å². The first-order chi connectivity index (χ1) is 21.6. The molecule has 45 heavy (non-hydrogen) atoms. The van der Waals surface area contributed by atoms with E-state index in [1.165, 1.54) is 18.7 Å². The molecular formula is C31H39N7O6S.